The van der Waals surface area contributed by atoms with E-state index in [0.29, 0.717) is 17.1 Å². The lowest BCUT2D eigenvalue weighted by molar-refractivity contribution is -0.144. The van der Waals surface area contributed by atoms with Crippen molar-refractivity contribution in [1.82, 2.24) is 5.32 Å². The molecule has 0 radical (unpaired) electrons. The van der Waals surface area contributed by atoms with Crippen molar-refractivity contribution in [3.8, 4) is 17.6 Å². The van der Waals surface area contributed by atoms with E-state index < -0.39 is 5.97 Å². The molecule has 0 atom stereocenters. The number of benzene rings is 1. The molecule has 25 heavy (non-hydrogen) atoms. The molecule has 134 valence electrons. The summed E-state index contributed by atoms with van der Waals surface area (Å²) in [7, 11) is 1.48. The molecule has 0 saturated carbocycles. The molecule has 0 saturated heterocycles. The maximum Gasteiger partial charge on any atom is 0.331 e. The monoisotopic (exact) mass is 346 g/mol. The first-order chi connectivity index (χ1) is 11.7. The highest BCUT2D eigenvalue weighted by Crippen LogP contribution is 2.28. The highest BCUT2D eigenvalue weighted by atomic mass is 16.5. The van der Waals surface area contributed by atoms with Crippen molar-refractivity contribution < 1.29 is 23.8 Å². The van der Waals surface area contributed by atoms with Gasteiger partial charge in [-0.05, 0) is 44.5 Å². The number of nitriles is 1. The maximum absolute atomic E-state index is 11.7. The van der Waals surface area contributed by atoms with Crippen LogP contribution in [0, 0.1) is 11.3 Å². The maximum atomic E-state index is 11.7. The molecular weight excluding hydrogens is 324 g/mol. The second kappa shape index (κ2) is 9.33. The number of carbonyl (C=O) groups excluding carboxylic acids is 2. The SMILES string of the molecule is COc1cc(/C=C/C(=O)OCC(=O)NC(C)(C)C)ccc1OCC#N. The van der Waals surface area contributed by atoms with Crippen LogP contribution in [-0.2, 0) is 14.3 Å². The Morgan fingerprint density at radius 2 is 2.00 bits per heavy atom. The number of hydrogen-bond donors (Lipinski definition) is 1. The lowest BCUT2D eigenvalue weighted by Crippen LogP contribution is -2.42. The number of amides is 1. The van der Waals surface area contributed by atoms with Crippen molar-refractivity contribution in [1.29, 1.82) is 5.26 Å². The molecule has 0 fully saturated rings. The number of carbonyl (C=O) groups is 2. The highest BCUT2D eigenvalue weighted by molar-refractivity contribution is 5.89. The van der Waals surface area contributed by atoms with Crippen LogP contribution in [0.4, 0.5) is 0 Å². The normalized spacial score (nSPS) is 10.8. The van der Waals surface area contributed by atoms with Crippen LogP contribution in [0.25, 0.3) is 6.08 Å². The van der Waals surface area contributed by atoms with Gasteiger partial charge in [-0.25, -0.2) is 4.79 Å². The number of methoxy groups -OCH3 is 1. The Morgan fingerprint density at radius 1 is 1.28 bits per heavy atom. The summed E-state index contributed by atoms with van der Waals surface area (Å²) in [6, 6.07) is 6.87. The molecule has 0 unspecified atom stereocenters. The van der Waals surface area contributed by atoms with Crippen LogP contribution in [0.5, 0.6) is 11.5 Å². The predicted molar refractivity (Wildman–Crippen MR) is 92.0 cm³/mol. The summed E-state index contributed by atoms with van der Waals surface area (Å²) in [6.45, 7) is 5.08. The van der Waals surface area contributed by atoms with Gasteiger partial charge in [-0.15, -0.1) is 0 Å². The molecule has 0 aliphatic heterocycles. The zero-order chi connectivity index (χ0) is 18.9. The standard InChI is InChI=1S/C18H22N2O5/c1-18(2,3)20-16(21)12-25-17(22)8-6-13-5-7-14(24-10-9-19)15(11-13)23-4/h5-8,11H,10,12H2,1-4H3,(H,20,21)/b8-6+. The Labute approximate surface area is 147 Å². The summed E-state index contributed by atoms with van der Waals surface area (Å²) in [4.78, 5) is 23.2. The second-order valence-corrected chi connectivity index (χ2v) is 6.10. The van der Waals surface area contributed by atoms with Gasteiger partial charge in [-0.2, -0.15) is 5.26 Å². The van der Waals surface area contributed by atoms with Gasteiger partial charge >= 0.3 is 5.97 Å². The minimum atomic E-state index is -0.632. The molecule has 1 aromatic carbocycles. The fraction of sp³-hybridized carbons (Fsp3) is 0.389. The molecule has 0 heterocycles. The Hall–Kier alpha value is -3.01. The molecule has 0 aliphatic rings. The van der Waals surface area contributed by atoms with Crippen molar-refractivity contribution >= 4 is 18.0 Å². The summed E-state index contributed by atoms with van der Waals surface area (Å²) in [5, 5.41) is 11.2. The van der Waals surface area contributed by atoms with Crippen LogP contribution in [0.3, 0.4) is 0 Å². The van der Waals surface area contributed by atoms with E-state index in [-0.39, 0.29) is 24.7 Å². The topological polar surface area (TPSA) is 97.7 Å². The number of nitrogens with zero attached hydrogens (tertiary/aromatic N) is 1. The third kappa shape index (κ3) is 7.88. The van der Waals surface area contributed by atoms with Crippen LogP contribution in [0.15, 0.2) is 24.3 Å². The Bertz CT molecular complexity index is 684. The molecule has 0 aromatic heterocycles. The number of ether oxygens (including phenoxy) is 3. The third-order valence-electron chi connectivity index (χ3n) is 2.75. The quantitative estimate of drug-likeness (QED) is 0.599. The van der Waals surface area contributed by atoms with E-state index in [0.717, 1.165) is 0 Å². The molecular formula is C18H22N2O5. The number of hydrogen-bond acceptors (Lipinski definition) is 6. The van der Waals surface area contributed by atoms with E-state index in [9.17, 15) is 9.59 Å². The van der Waals surface area contributed by atoms with Crippen LogP contribution in [0.1, 0.15) is 26.3 Å². The Balaban J connectivity index is 2.61. The number of rotatable bonds is 7. The minimum Gasteiger partial charge on any atom is -0.493 e. The van der Waals surface area contributed by atoms with Gasteiger partial charge in [0.05, 0.1) is 7.11 Å². The summed E-state index contributed by atoms with van der Waals surface area (Å²) in [5.41, 5.74) is 0.294. The summed E-state index contributed by atoms with van der Waals surface area (Å²) in [5.74, 6) is -0.124. The van der Waals surface area contributed by atoms with Crippen LogP contribution in [0.2, 0.25) is 0 Å². The lowest BCUT2D eigenvalue weighted by atomic mass is 10.1. The molecule has 7 nitrogen and oxygen atoms in total. The van der Waals surface area contributed by atoms with Crippen LogP contribution >= 0.6 is 0 Å². The van der Waals surface area contributed by atoms with Gasteiger partial charge < -0.3 is 19.5 Å². The molecule has 1 amide bonds. The highest BCUT2D eigenvalue weighted by Gasteiger charge is 2.14. The smallest absolute Gasteiger partial charge is 0.331 e. The average Bonchev–Trinajstić information content (AvgIpc) is 2.55. The Morgan fingerprint density at radius 3 is 2.60 bits per heavy atom. The molecule has 1 rings (SSSR count). The van der Waals surface area contributed by atoms with Gasteiger partial charge in [-0.3, -0.25) is 4.79 Å². The number of esters is 1. The zero-order valence-corrected chi connectivity index (χ0v) is 14.8. The fourth-order valence-corrected chi connectivity index (χ4v) is 1.82. The van der Waals surface area contributed by atoms with Gasteiger partial charge in [0.25, 0.3) is 5.91 Å². The van der Waals surface area contributed by atoms with Gasteiger partial charge in [0.1, 0.15) is 6.07 Å². The van der Waals surface area contributed by atoms with E-state index in [1.165, 1.54) is 19.3 Å². The fourth-order valence-electron chi connectivity index (χ4n) is 1.82. The number of nitrogens with one attached hydrogen (secondary N) is 1. The van der Waals surface area contributed by atoms with E-state index in [2.05, 4.69) is 5.32 Å². The summed E-state index contributed by atoms with van der Waals surface area (Å²) >= 11 is 0. The Kier molecular flexibility index (Phi) is 7.47. The molecule has 1 aromatic rings. The third-order valence-corrected chi connectivity index (χ3v) is 2.75. The first-order valence-electron chi connectivity index (χ1n) is 7.59. The van der Waals surface area contributed by atoms with Crippen LogP contribution < -0.4 is 14.8 Å². The first-order valence-corrected chi connectivity index (χ1v) is 7.59. The largest absolute Gasteiger partial charge is 0.493 e. The average molecular weight is 346 g/mol. The first kappa shape index (κ1) is 20.0. The second-order valence-electron chi connectivity index (χ2n) is 6.10. The van der Waals surface area contributed by atoms with Gasteiger partial charge in [-0.1, -0.05) is 6.07 Å². The van der Waals surface area contributed by atoms with Gasteiger partial charge in [0.15, 0.2) is 24.7 Å². The van der Waals surface area contributed by atoms with Crippen LogP contribution in [-0.4, -0.2) is 37.7 Å². The van der Waals surface area contributed by atoms with Crippen molar-refractivity contribution in [3.05, 3.63) is 29.8 Å². The van der Waals surface area contributed by atoms with E-state index in [4.69, 9.17) is 19.5 Å². The van der Waals surface area contributed by atoms with E-state index in [1.807, 2.05) is 26.8 Å². The molecule has 0 spiro atoms. The molecule has 7 heteroatoms. The van der Waals surface area contributed by atoms with E-state index >= 15 is 0 Å². The summed E-state index contributed by atoms with van der Waals surface area (Å²) < 4.78 is 15.3. The van der Waals surface area contributed by atoms with Crippen molar-refractivity contribution in [2.45, 2.75) is 26.3 Å². The predicted octanol–water partition coefficient (Wildman–Crippen LogP) is 2.07. The minimum absolute atomic E-state index is 0.0888. The lowest BCUT2D eigenvalue weighted by Gasteiger charge is -2.20. The van der Waals surface area contributed by atoms with Crippen molar-refractivity contribution in [2.75, 3.05) is 20.3 Å². The molecule has 1 N–H and O–H groups in total. The van der Waals surface area contributed by atoms with Gasteiger partial charge in [0.2, 0.25) is 0 Å². The zero-order valence-electron chi connectivity index (χ0n) is 14.8. The molecule has 0 aliphatic carbocycles. The van der Waals surface area contributed by atoms with Gasteiger partial charge in [0, 0.05) is 11.6 Å². The van der Waals surface area contributed by atoms with E-state index in [1.54, 1.807) is 18.2 Å². The molecule has 0 bridgehead atoms. The van der Waals surface area contributed by atoms with Crippen molar-refractivity contribution in [3.63, 3.8) is 0 Å². The summed E-state index contributed by atoms with van der Waals surface area (Å²) in [6.07, 6.45) is 2.75. The van der Waals surface area contributed by atoms with Crippen molar-refractivity contribution in [2.24, 2.45) is 0 Å².